The van der Waals surface area contributed by atoms with Gasteiger partial charge in [0.05, 0.1) is 12.6 Å². The van der Waals surface area contributed by atoms with E-state index < -0.39 is 6.09 Å². The van der Waals surface area contributed by atoms with Crippen LogP contribution in [0.3, 0.4) is 0 Å². The summed E-state index contributed by atoms with van der Waals surface area (Å²) in [5.74, 6) is 0. The standard InChI is InChI=1S/C10H13NO3S/c1-6(11-10(12)13)9-7-3-5-15-8(7)2-4-14-9/h3,5-6,9,11H,2,4H2,1H3,(H,12,13)/t6-,9+/m0/s1. The summed E-state index contributed by atoms with van der Waals surface area (Å²) in [4.78, 5) is 11.8. The van der Waals surface area contributed by atoms with Crippen molar-refractivity contribution >= 4 is 17.4 Å². The second-order valence-electron chi connectivity index (χ2n) is 3.58. The lowest BCUT2D eigenvalue weighted by molar-refractivity contribution is 0.0215. The molecular weight excluding hydrogens is 214 g/mol. The maximum Gasteiger partial charge on any atom is 0.404 e. The quantitative estimate of drug-likeness (QED) is 0.812. The fourth-order valence-corrected chi connectivity index (χ4v) is 2.76. The molecule has 1 amide bonds. The topological polar surface area (TPSA) is 58.6 Å². The Hall–Kier alpha value is -1.07. The Morgan fingerprint density at radius 1 is 1.80 bits per heavy atom. The Balaban J connectivity index is 2.15. The lowest BCUT2D eigenvalue weighted by Crippen LogP contribution is -2.38. The third kappa shape index (κ3) is 2.13. The van der Waals surface area contributed by atoms with Crippen LogP contribution in [0.25, 0.3) is 0 Å². The molecule has 1 aromatic rings. The largest absolute Gasteiger partial charge is 0.465 e. The first-order valence-corrected chi connectivity index (χ1v) is 5.74. The van der Waals surface area contributed by atoms with Gasteiger partial charge in [-0.05, 0) is 23.9 Å². The van der Waals surface area contributed by atoms with Gasteiger partial charge in [0.2, 0.25) is 0 Å². The Kier molecular flexibility index (Phi) is 2.93. The maximum absolute atomic E-state index is 10.5. The smallest absolute Gasteiger partial charge is 0.404 e. The highest BCUT2D eigenvalue weighted by Gasteiger charge is 2.27. The van der Waals surface area contributed by atoms with Crippen LogP contribution < -0.4 is 5.32 Å². The maximum atomic E-state index is 10.5. The summed E-state index contributed by atoms with van der Waals surface area (Å²) < 4.78 is 5.61. The first-order chi connectivity index (χ1) is 7.18. The minimum absolute atomic E-state index is 0.143. The SMILES string of the molecule is C[C@H](NC(=O)O)[C@H]1OCCc2sccc21. The fraction of sp³-hybridized carbons (Fsp3) is 0.500. The van der Waals surface area contributed by atoms with E-state index in [0.717, 1.165) is 12.0 Å². The van der Waals surface area contributed by atoms with Crippen molar-refractivity contribution in [1.82, 2.24) is 5.32 Å². The minimum atomic E-state index is -1.01. The van der Waals surface area contributed by atoms with Gasteiger partial charge in [-0.2, -0.15) is 0 Å². The third-order valence-electron chi connectivity index (χ3n) is 2.52. The third-order valence-corrected chi connectivity index (χ3v) is 3.51. The number of fused-ring (bicyclic) bond motifs is 1. The number of carbonyl (C=O) groups is 1. The van der Waals surface area contributed by atoms with Crippen LogP contribution >= 0.6 is 11.3 Å². The fourth-order valence-electron chi connectivity index (χ4n) is 1.86. The van der Waals surface area contributed by atoms with E-state index in [-0.39, 0.29) is 12.1 Å². The van der Waals surface area contributed by atoms with E-state index >= 15 is 0 Å². The van der Waals surface area contributed by atoms with Crippen molar-refractivity contribution in [2.45, 2.75) is 25.5 Å². The highest BCUT2D eigenvalue weighted by atomic mass is 32.1. The molecular formula is C10H13NO3S. The van der Waals surface area contributed by atoms with Gasteiger partial charge < -0.3 is 15.2 Å². The molecule has 2 N–H and O–H groups in total. The minimum Gasteiger partial charge on any atom is -0.465 e. The molecule has 0 saturated heterocycles. The van der Waals surface area contributed by atoms with Crippen LogP contribution in [0.5, 0.6) is 0 Å². The van der Waals surface area contributed by atoms with E-state index in [4.69, 9.17) is 9.84 Å². The highest BCUT2D eigenvalue weighted by molar-refractivity contribution is 7.10. The molecule has 2 rings (SSSR count). The number of ether oxygens (including phenoxy) is 1. The lowest BCUT2D eigenvalue weighted by Gasteiger charge is -2.28. The molecule has 0 saturated carbocycles. The van der Waals surface area contributed by atoms with Gasteiger partial charge in [0, 0.05) is 11.3 Å². The van der Waals surface area contributed by atoms with Crippen LogP contribution in [0.4, 0.5) is 4.79 Å². The Labute approximate surface area is 91.9 Å². The number of amides is 1. The number of nitrogens with one attached hydrogen (secondary N) is 1. The molecule has 0 radical (unpaired) electrons. The molecule has 2 atom stereocenters. The predicted molar refractivity (Wildman–Crippen MR) is 57.3 cm³/mol. The Bertz CT molecular complexity index is 363. The molecule has 0 aliphatic carbocycles. The van der Waals surface area contributed by atoms with Gasteiger partial charge in [-0.1, -0.05) is 0 Å². The van der Waals surface area contributed by atoms with Gasteiger partial charge >= 0.3 is 6.09 Å². The van der Waals surface area contributed by atoms with Crippen LogP contribution in [-0.2, 0) is 11.2 Å². The molecule has 1 aliphatic heterocycles. The zero-order chi connectivity index (χ0) is 10.8. The van der Waals surface area contributed by atoms with Crippen LogP contribution in [0.15, 0.2) is 11.4 Å². The van der Waals surface area contributed by atoms with Crippen molar-refractivity contribution in [3.8, 4) is 0 Å². The van der Waals surface area contributed by atoms with Crippen LogP contribution in [0.2, 0.25) is 0 Å². The Morgan fingerprint density at radius 2 is 2.60 bits per heavy atom. The van der Waals surface area contributed by atoms with Gasteiger partial charge in [-0.15, -0.1) is 11.3 Å². The van der Waals surface area contributed by atoms with Gasteiger partial charge in [-0.3, -0.25) is 0 Å². The monoisotopic (exact) mass is 227 g/mol. The summed E-state index contributed by atoms with van der Waals surface area (Å²) in [7, 11) is 0. The van der Waals surface area contributed by atoms with Crippen LogP contribution in [-0.4, -0.2) is 23.8 Å². The number of carboxylic acid groups (broad SMARTS) is 1. The van der Waals surface area contributed by atoms with Crippen molar-refractivity contribution in [2.24, 2.45) is 0 Å². The van der Waals surface area contributed by atoms with E-state index in [9.17, 15) is 4.79 Å². The highest BCUT2D eigenvalue weighted by Crippen LogP contribution is 2.32. The molecule has 1 aliphatic rings. The normalized spacial score (nSPS) is 21.8. The molecule has 15 heavy (non-hydrogen) atoms. The molecule has 4 nitrogen and oxygen atoms in total. The van der Waals surface area contributed by atoms with Crippen molar-refractivity contribution in [3.05, 3.63) is 21.9 Å². The number of rotatable bonds is 2. The average molecular weight is 227 g/mol. The van der Waals surface area contributed by atoms with E-state index in [0.29, 0.717) is 6.61 Å². The van der Waals surface area contributed by atoms with Gasteiger partial charge in [0.15, 0.2) is 0 Å². The molecule has 0 spiro atoms. The van der Waals surface area contributed by atoms with Crippen LogP contribution in [0.1, 0.15) is 23.5 Å². The number of hydrogen-bond donors (Lipinski definition) is 2. The van der Waals surface area contributed by atoms with Gasteiger partial charge in [0.1, 0.15) is 6.10 Å². The lowest BCUT2D eigenvalue weighted by atomic mass is 10.0. The summed E-state index contributed by atoms with van der Waals surface area (Å²) in [6.07, 6.45) is -0.215. The average Bonchev–Trinajstić information content (AvgIpc) is 2.63. The molecule has 1 aromatic heterocycles. The van der Waals surface area contributed by atoms with E-state index in [1.807, 2.05) is 18.4 Å². The van der Waals surface area contributed by atoms with Gasteiger partial charge in [-0.25, -0.2) is 4.79 Å². The second-order valence-corrected chi connectivity index (χ2v) is 4.58. The van der Waals surface area contributed by atoms with E-state index in [2.05, 4.69) is 5.32 Å². The predicted octanol–water partition coefficient (Wildman–Crippen LogP) is 2.02. The molecule has 0 bridgehead atoms. The van der Waals surface area contributed by atoms with Crippen molar-refractivity contribution in [1.29, 1.82) is 0 Å². The van der Waals surface area contributed by atoms with Crippen LogP contribution in [0, 0.1) is 0 Å². The van der Waals surface area contributed by atoms with Gasteiger partial charge in [0.25, 0.3) is 0 Å². The number of hydrogen-bond acceptors (Lipinski definition) is 3. The van der Waals surface area contributed by atoms with E-state index in [1.165, 1.54) is 4.88 Å². The molecule has 0 aromatic carbocycles. The summed E-state index contributed by atoms with van der Waals surface area (Å²) in [6, 6.07) is 1.81. The first kappa shape index (κ1) is 10.4. The molecule has 0 unspecified atom stereocenters. The zero-order valence-electron chi connectivity index (χ0n) is 8.40. The van der Waals surface area contributed by atoms with E-state index in [1.54, 1.807) is 11.3 Å². The molecule has 0 fully saturated rings. The molecule has 2 heterocycles. The van der Waals surface area contributed by atoms with Crippen molar-refractivity contribution in [3.63, 3.8) is 0 Å². The summed E-state index contributed by atoms with van der Waals surface area (Å²) in [6.45, 7) is 2.50. The summed E-state index contributed by atoms with van der Waals surface area (Å²) >= 11 is 1.71. The van der Waals surface area contributed by atoms with Crippen molar-refractivity contribution in [2.75, 3.05) is 6.61 Å². The summed E-state index contributed by atoms with van der Waals surface area (Å²) in [5.41, 5.74) is 1.13. The molecule has 82 valence electrons. The first-order valence-electron chi connectivity index (χ1n) is 4.86. The zero-order valence-corrected chi connectivity index (χ0v) is 9.21. The van der Waals surface area contributed by atoms with Crippen molar-refractivity contribution < 1.29 is 14.6 Å². The second kappa shape index (κ2) is 4.20. The molecule has 5 heteroatoms. The number of thiophene rings is 1. The Morgan fingerprint density at radius 3 is 3.33 bits per heavy atom. The summed E-state index contributed by atoms with van der Waals surface area (Å²) in [5, 5.41) is 13.1.